The summed E-state index contributed by atoms with van der Waals surface area (Å²) in [5.41, 5.74) is 9.16. The molecule has 3 aromatic carbocycles. The molecule has 1 amide bonds. The van der Waals surface area contributed by atoms with Crippen LogP contribution in [0, 0.1) is 0 Å². The molecular weight excluding hydrogens is 472 g/mol. The van der Waals surface area contributed by atoms with Crippen LogP contribution in [-0.2, 0) is 22.6 Å². The summed E-state index contributed by atoms with van der Waals surface area (Å²) in [5.74, 6) is -1.01. The number of carboxylic acid groups (broad SMARTS) is 1. The minimum Gasteiger partial charge on any atom is -0.477 e. The van der Waals surface area contributed by atoms with Gasteiger partial charge in [-0.3, -0.25) is 5.32 Å². The summed E-state index contributed by atoms with van der Waals surface area (Å²) in [6.07, 6.45) is -0.727. The number of nitrogens with one attached hydrogen (secondary N) is 1. The zero-order valence-electron chi connectivity index (χ0n) is 20.6. The van der Waals surface area contributed by atoms with Crippen molar-refractivity contribution in [2.24, 2.45) is 5.73 Å². The van der Waals surface area contributed by atoms with E-state index < -0.39 is 12.1 Å². The van der Waals surface area contributed by atoms with E-state index >= 15 is 0 Å². The molecule has 1 saturated heterocycles. The molecule has 9 nitrogen and oxygen atoms in total. The van der Waals surface area contributed by atoms with Crippen molar-refractivity contribution in [1.82, 2.24) is 9.47 Å². The van der Waals surface area contributed by atoms with Gasteiger partial charge in [0.2, 0.25) is 0 Å². The smallest absolute Gasteiger partial charge is 0.411 e. The first kappa shape index (κ1) is 24.8. The maximum atomic E-state index is 12.6. The van der Waals surface area contributed by atoms with Crippen molar-refractivity contribution in [3.05, 3.63) is 77.5 Å². The molecule has 1 atom stereocenters. The summed E-state index contributed by atoms with van der Waals surface area (Å²) >= 11 is 0. The molecule has 0 radical (unpaired) electrons. The standard InChI is InChI=1S/C28H30N4O5/c1-31-8-9-36-23(16-31)17-37-28(35)30-22-11-19-4-2-3-5-24(19)21(12-22)15-32-25-10-18(14-29)6-7-20(25)13-26(32)27(33)34/h2-7,10-13,23H,8-9,14-17,29H2,1H3,(H,30,35)(H,33,34). The lowest BCUT2D eigenvalue weighted by Crippen LogP contribution is -2.42. The van der Waals surface area contributed by atoms with Crippen LogP contribution in [0.1, 0.15) is 21.6 Å². The zero-order chi connectivity index (χ0) is 25.9. The highest BCUT2D eigenvalue weighted by molar-refractivity contribution is 5.96. The Morgan fingerprint density at radius 2 is 1.97 bits per heavy atom. The number of fused-ring (bicyclic) bond motifs is 2. The number of carbonyl (C=O) groups excluding carboxylic acids is 1. The second-order valence-electron chi connectivity index (χ2n) is 9.35. The highest BCUT2D eigenvalue weighted by Crippen LogP contribution is 2.28. The number of likely N-dealkylation sites (N-methyl/N-ethyl adjacent to an activating group) is 1. The van der Waals surface area contributed by atoms with Crippen molar-refractivity contribution in [3.8, 4) is 0 Å². The van der Waals surface area contributed by atoms with Crippen LogP contribution in [0.5, 0.6) is 0 Å². The van der Waals surface area contributed by atoms with E-state index in [2.05, 4.69) is 10.2 Å². The fraction of sp³-hybridized carbons (Fsp3) is 0.286. The fourth-order valence-electron chi connectivity index (χ4n) is 4.83. The van der Waals surface area contributed by atoms with Crippen LogP contribution in [0.4, 0.5) is 10.5 Å². The second kappa shape index (κ2) is 10.6. The summed E-state index contributed by atoms with van der Waals surface area (Å²) in [6, 6.07) is 18.9. The maximum absolute atomic E-state index is 12.6. The van der Waals surface area contributed by atoms with Gasteiger partial charge in [-0.15, -0.1) is 0 Å². The van der Waals surface area contributed by atoms with Crippen molar-refractivity contribution in [3.63, 3.8) is 0 Å². The van der Waals surface area contributed by atoms with Crippen LogP contribution in [0.3, 0.4) is 0 Å². The lowest BCUT2D eigenvalue weighted by atomic mass is 10.0. The van der Waals surface area contributed by atoms with E-state index in [1.165, 1.54) is 0 Å². The van der Waals surface area contributed by atoms with Crippen molar-refractivity contribution in [2.75, 3.05) is 38.7 Å². The third kappa shape index (κ3) is 5.43. The van der Waals surface area contributed by atoms with Gasteiger partial charge in [0, 0.05) is 42.8 Å². The summed E-state index contributed by atoms with van der Waals surface area (Å²) in [4.78, 5) is 26.8. The fourth-order valence-corrected chi connectivity index (χ4v) is 4.83. The summed E-state index contributed by atoms with van der Waals surface area (Å²) in [7, 11) is 2.01. The van der Waals surface area contributed by atoms with Gasteiger partial charge in [0.1, 0.15) is 18.4 Å². The van der Waals surface area contributed by atoms with Gasteiger partial charge in [-0.05, 0) is 53.2 Å². The normalized spacial score (nSPS) is 16.2. The Morgan fingerprint density at radius 3 is 2.76 bits per heavy atom. The average Bonchev–Trinajstić information content (AvgIpc) is 3.25. The van der Waals surface area contributed by atoms with Crippen molar-refractivity contribution < 1.29 is 24.2 Å². The highest BCUT2D eigenvalue weighted by atomic mass is 16.6. The number of amides is 1. The lowest BCUT2D eigenvalue weighted by molar-refractivity contribution is -0.0470. The van der Waals surface area contributed by atoms with E-state index in [4.69, 9.17) is 15.2 Å². The number of nitrogens with two attached hydrogens (primary N) is 1. The van der Waals surface area contributed by atoms with Gasteiger partial charge < -0.3 is 29.8 Å². The molecule has 1 unspecified atom stereocenters. The largest absolute Gasteiger partial charge is 0.477 e. The molecule has 2 heterocycles. The predicted octanol–water partition coefficient (Wildman–Crippen LogP) is 3.88. The summed E-state index contributed by atoms with van der Waals surface area (Å²) in [6.45, 7) is 2.99. The highest BCUT2D eigenvalue weighted by Gasteiger charge is 2.20. The van der Waals surface area contributed by atoms with E-state index in [9.17, 15) is 14.7 Å². The third-order valence-electron chi connectivity index (χ3n) is 6.69. The number of benzene rings is 3. The van der Waals surface area contributed by atoms with Gasteiger partial charge in [0.05, 0.1) is 6.61 Å². The minimum atomic E-state index is -1.01. The van der Waals surface area contributed by atoms with Crippen LogP contribution in [-0.4, -0.2) is 66.1 Å². The van der Waals surface area contributed by atoms with Crippen LogP contribution in [0.25, 0.3) is 21.7 Å². The predicted molar refractivity (Wildman–Crippen MR) is 142 cm³/mol. The number of carbonyl (C=O) groups is 2. The van der Waals surface area contributed by atoms with Crippen LogP contribution < -0.4 is 11.1 Å². The van der Waals surface area contributed by atoms with Gasteiger partial charge in [-0.25, -0.2) is 9.59 Å². The number of nitrogens with zero attached hydrogens (tertiary/aromatic N) is 2. The molecule has 5 rings (SSSR count). The minimum absolute atomic E-state index is 0.161. The molecule has 4 N–H and O–H groups in total. The molecular formula is C28H30N4O5. The molecule has 0 saturated carbocycles. The SMILES string of the molecule is CN1CCOC(COC(=O)Nc2cc(Cn3c(C(=O)O)cc4ccc(CN)cc43)c3ccccc3c2)C1. The zero-order valence-corrected chi connectivity index (χ0v) is 20.6. The van der Waals surface area contributed by atoms with Crippen molar-refractivity contribution in [1.29, 1.82) is 0 Å². The monoisotopic (exact) mass is 502 g/mol. The van der Waals surface area contributed by atoms with Crippen molar-refractivity contribution >= 4 is 39.4 Å². The first-order valence-corrected chi connectivity index (χ1v) is 12.2. The number of hydrogen-bond donors (Lipinski definition) is 3. The number of aromatic nitrogens is 1. The van der Waals surface area contributed by atoms with Crippen LogP contribution in [0.2, 0.25) is 0 Å². The molecule has 1 aromatic heterocycles. The first-order chi connectivity index (χ1) is 17.9. The lowest BCUT2D eigenvalue weighted by Gasteiger charge is -2.29. The Bertz CT molecular complexity index is 1460. The Hall–Kier alpha value is -3.92. The molecule has 37 heavy (non-hydrogen) atoms. The maximum Gasteiger partial charge on any atom is 0.411 e. The first-order valence-electron chi connectivity index (χ1n) is 12.2. The summed E-state index contributed by atoms with van der Waals surface area (Å²) < 4.78 is 12.9. The molecule has 0 aliphatic carbocycles. The number of ether oxygens (including phenoxy) is 2. The van der Waals surface area contributed by atoms with Gasteiger partial charge in [0.25, 0.3) is 0 Å². The number of carboxylic acids is 1. The van der Waals surface area contributed by atoms with Crippen molar-refractivity contribution in [2.45, 2.75) is 19.2 Å². The Balaban J connectivity index is 1.44. The number of anilines is 1. The Kier molecular flexibility index (Phi) is 7.09. The topological polar surface area (TPSA) is 119 Å². The Morgan fingerprint density at radius 1 is 1.14 bits per heavy atom. The molecule has 1 aliphatic rings. The third-order valence-corrected chi connectivity index (χ3v) is 6.69. The number of aromatic carboxylic acids is 1. The molecule has 0 spiro atoms. The van der Waals surface area contributed by atoms with E-state index in [1.54, 1.807) is 10.6 Å². The van der Waals surface area contributed by atoms with E-state index in [1.807, 2.05) is 61.6 Å². The average molecular weight is 503 g/mol. The number of morpholine rings is 1. The van der Waals surface area contributed by atoms with Gasteiger partial charge in [-0.1, -0.05) is 36.4 Å². The van der Waals surface area contributed by atoms with E-state index in [-0.39, 0.29) is 18.4 Å². The van der Waals surface area contributed by atoms with Gasteiger partial charge in [0.15, 0.2) is 0 Å². The quantitative estimate of drug-likeness (QED) is 0.351. The van der Waals surface area contributed by atoms with Gasteiger partial charge in [-0.2, -0.15) is 0 Å². The number of rotatable bonds is 7. The molecule has 9 heteroatoms. The molecule has 1 aliphatic heterocycles. The molecule has 1 fully saturated rings. The van der Waals surface area contributed by atoms with E-state index in [0.717, 1.165) is 39.3 Å². The molecule has 4 aromatic rings. The Labute approximate surface area is 214 Å². The van der Waals surface area contributed by atoms with E-state index in [0.29, 0.717) is 31.9 Å². The van der Waals surface area contributed by atoms with Crippen LogP contribution >= 0.6 is 0 Å². The molecule has 192 valence electrons. The second-order valence-corrected chi connectivity index (χ2v) is 9.35. The van der Waals surface area contributed by atoms with Gasteiger partial charge >= 0.3 is 12.1 Å². The summed E-state index contributed by atoms with van der Waals surface area (Å²) in [5, 5.41) is 15.4. The molecule has 0 bridgehead atoms. The number of hydrogen-bond acceptors (Lipinski definition) is 6. The van der Waals surface area contributed by atoms with Crippen LogP contribution in [0.15, 0.2) is 60.7 Å².